The minimum Gasteiger partial charge on any atom is -0.348 e. The molecule has 1 saturated heterocycles. The first-order valence-corrected chi connectivity index (χ1v) is 8.03. The predicted molar refractivity (Wildman–Crippen MR) is 87.4 cm³/mol. The van der Waals surface area contributed by atoms with Crippen molar-refractivity contribution in [1.82, 2.24) is 10.0 Å². The standard InChI is InChI=1S/C15H25FN2O4S/c1-9-10(2)14(17-11(3)19)15(22-12(9)8-16)21-7-5-4-6-13(20)18-23/h4-5,9-10,12,14-15,23H,6-8H2,1-3H3,(H,17,19)(H,18,20)/b5-4-. The van der Waals surface area contributed by atoms with E-state index in [0.29, 0.717) is 0 Å². The molecule has 1 rings (SSSR count). The second-order valence-electron chi connectivity index (χ2n) is 5.69. The summed E-state index contributed by atoms with van der Waals surface area (Å²) in [5.74, 6) is -0.441. The Kier molecular flexibility index (Phi) is 8.57. The molecule has 1 fully saturated rings. The van der Waals surface area contributed by atoms with Crippen molar-refractivity contribution in [1.29, 1.82) is 0 Å². The molecule has 23 heavy (non-hydrogen) atoms. The van der Waals surface area contributed by atoms with Crippen LogP contribution in [0, 0.1) is 11.8 Å². The number of halogens is 1. The van der Waals surface area contributed by atoms with Crippen LogP contribution in [-0.4, -0.2) is 43.5 Å². The van der Waals surface area contributed by atoms with Gasteiger partial charge in [0.1, 0.15) is 6.67 Å². The van der Waals surface area contributed by atoms with E-state index in [1.54, 1.807) is 12.2 Å². The van der Waals surface area contributed by atoms with Gasteiger partial charge in [0.25, 0.3) is 0 Å². The summed E-state index contributed by atoms with van der Waals surface area (Å²) in [6, 6.07) is -0.348. The fourth-order valence-electron chi connectivity index (χ4n) is 2.50. The first-order chi connectivity index (χ1) is 10.9. The van der Waals surface area contributed by atoms with Crippen LogP contribution in [0.3, 0.4) is 0 Å². The molecule has 2 N–H and O–H groups in total. The fourth-order valence-corrected chi connectivity index (χ4v) is 2.59. The van der Waals surface area contributed by atoms with Crippen LogP contribution in [0.15, 0.2) is 12.2 Å². The lowest BCUT2D eigenvalue weighted by molar-refractivity contribution is -0.234. The predicted octanol–water partition coefficient (Wildman–Crippen LogP) is 1.38. The molecular weight excluding hydrogens is 323 g/mol. The molecule has 0 aromatic rings. The van der Waals surface area contributed by atoms with Gasteiger partial charge in [-0.1, -0.05) is 38.8 Å². The molecule has 1 aliphatic heterocycles. The van der Waals surface area contributed by atoms with Gasteiger partial charge in [0.05, 0.1) is 18.8 Å². The molecule has 2 amide bonds. The van der Waals surface area contributed by atoms with Crippen molar-refractivity contribution in [3.63, 3.8) is 0 Å². The first-order valence-electron chi connectivity index (χ1n) is 7.58. The Balaban J connectivity index is 2.63. The highest BCUT2D eigenvalue weighted by Gasteiger charge is 2.42. The molecule has 0 radical (unpaired) electrons. The summed E-state index contributed by atoms with van der Waals surface area (Å²) in [6.07, 6.45) is 2.21. The fraction of sp³-hybridized carbons (Fsp3) is 0.733. The summed E-state index contributed by atoms with van der Waals surface area (Å²) in [5.41, 5.74) is 0. The van der Waals surface area contributed by atoms with E-state index in [9.17, 15) is 14.0 Å². The topological polar surface area (TPSA) is 76.7 Å². The molecule has 5 unspecified atom stereocenters. The molecule has 0 aliphatic carbocycles. The van der Waals surface area contributed by atoms with Gasteiger partial charge in [-0.3, -0.25) is 9.59 Å². The Morgan fingerprint density at radius 2 is 2.00 bits per heavy atom. The van der Waals surface area contributed by atoms with Crippen molar-refractivity contribution in [2.75, 3.05) is 13.3 Å². The summed E-state index contributed by atoms with van der Waals surface area (Å²) in [7, 11) is 0. The third kappa shape index (κ3) is 6.12. The zero-order valence-electron chi connectivity index (χ0n) is 13.6. The number of nitrogens with one attached hydrogen (secondary N) is 2. The minimum absolute atomic E-state index is 0.0114. The molecule has 0 aromatic carbocycles. The molecule has 0 aromatic heterocycles. The lowest BCUT2D eigenvalue weighted by Gasteiger charge is -2.43. The zero-order valence-corrected chi connectivity index (χ0v) is 14.5. The van der Waals surface area contributed by atoms with Crippen molar-refractivity contribution in [3.8, 4) is 0 Å². The number of carbonyl (C=O) groups excluding carboxylic acids is 2. The Bertz CT molecular complexity index is 436. The number of hydrogen-bond donors (Lipinski definition) is 3. The summed E-state index contributed by atoms with van der Waals surface area (Å²) < 4.78 is 26.6. The van der Waals surface area contributed by atoms with Gasteiger partial charge < -0.3 is 19.5 Å². The van der Waals surface area contributed by atoms with E-state index in [-0.39, 0.29) is 42.7 Å². The van der Waals surface area contributed by atoms with Crippen LogP contribution in [0.2, 0.25) is 0 Å². The van der Waals surface area contributed by atoms with Crippen molar-refractivity contribution in [2.24, 2.45) is 11.8 Å². The van der Waals surface area contributed by atoms with Crippen molar-refractivity contribution in [3.05, 3.63) is 12.2 Å². The second-order valence-corrected chi connectivity index (χ2v) is 5.91. The maximum Gasteiger partial charge on any atom is 0.233 e. The molecule has 5 atom stereocenters. The van der Waals surface area contributed by atoms with Gasteiger partial charge in [-0.15, -0.1) is 0 Å². The lowest BCUT2D eigenvalue weighted by Crippen LogP contribution is -2.58. The number of amides is 2. The molecule has 1 aliphatic rings. The van der Waals surface area contributed by atoms with Gasteiger partial charge in [0, 0.05) is 13.3 Å². The maximum absolute atomic E-state index is 13.1. The average Bonchev–Trinajstić information content (AvgIpc) is 2.52. The van der Waals surface area contributed by atoms with Crippen molar-refractivity contribution < 1.29 is 23.5 Å². The summed E-state index contributed by atoms with van der Waals surface area (Å²) in [6.45, 7) is 4.86. The smallest absolute Gasteiger partial charge is 0.233 e. The Hall–Kier alpha value is -1.12. The lowest BCUT2D eigenvalue weighted by atomic mass is 9.82. The average molecular weight is 348 g/mol. The molecule has 132 valence electrons. The molecular formula is C15H25FN2O4S. The van der Waals surface area contributed by atoms with Gasteiger partial charge in [0.2, 0.25) is 11.8 Å². The monoisotopic (exact) mass is 348 g/mol. The molecule has 0 saturated carbocycles. The van der Waals surface area contributed by atoms with Gasteiger partial charge in [-0.2, -0.15) is 0 Å². The van der Waals surface area contributed by atoms with Crippen LogP contribution in [-0.2, 0) is 19.1 Å². The third-order valence-electron chi connectivity index (χ3n) is 4.06. The Morgan fingerprint density at radius 3 is 2.57 bits per heavy atom. The van der Waals surface area contributed by atoms with Crippen molar-refractivity contribution in [2.45, 2.75) is 45.6 Å². The number of thiol groups is 1. The van der Waals surface area contributed by atoms with E-state index in [4.69, 9.17) is 9.47 Å². The third-order valence-corrected chi connectivity index (χ3v) is 4.31. The highest BCUT2D eigenvalue weighted by atomic mass is 32.1. The van der Waals surface area contributed by atoms with E-state index in [2.05, 4.69) is 22.9 Å². The Labute approximate surface area is 141 Å². The first kappa shape index (κ1) is 19.9. The van der Waals surface area contributed by atoms with Crippen molar-refractivity contribution >= 4 is 24.6 Å². The number of rotatable bonds is 7. The van der Waals surface area contributed by atoms with Crippen LogP contribution in [0.4, 0.5) is 4.39 Å². The number of hydrogen-bond acceptors (Lipinski definition) is 5. The quantitative estimate of drug-likeness (QED) is 0.480. The highest BCUT2D eigenvalue weighted by Crippen LogP contribution is 2.31. The number of ether oxygens (including phenoxy) is 2. The second kappa shape index (κ2) is 9.89. The summed E-state index contributed by atoms with van der Waals surface area (Å²) in [4.78, 5) is 22.4. The van der Waals surface area contributed by atoms with E-state index in [1.807, 2.05) is 13.8 Å². The SMILES string of the molecule is CC(=O)NC1C(OC/C=C\CC(=O)NS)OC(CF)C(C)C1C. The number of alkyl halides is 1. The van der Waals surface area contributed by atoms with Crippen LogP contribution >= 0.6 is 12.8 Å². The van der Waals surface area contributed by atoms with Gasteiger partial charge in [0.15, 0.2) is 6.29 Å². The molecule has 0 spiro atoms. The van der Waals surface area contributed by atoms with E-state index in [0.717, 1.165) is 0 Å². The van der Waals surface area contributed by atoms with Crippen LogP contribution < -0.4 is 10.0 Å². The Morgan fingerprint density at radius 1 is 1.30 bits per heavy atom. The van der Waals surface area contributed by atoms with Crippen LogP contribution in [0.1, 0.15) is 27.2 Å². The highest BCUT2D eigenvalue weighted by molar-refractivity contribution is 7.78. The minimum atomic E-state index is -0.728. The van der Waals surface area contributed by atoms with Crippen LogP contribution in [0.5, 0.6) is 0 Å². The molecule has 0 bridgehead atoms. The number of carbonyl (C=O) groups is 2. The van der Waals surface area contributed by atoms with Crippen LogP contribution in [0.25, 0.3) is 0 Å². The molecule has 8 heteroatoms. The van der Waals surface area contributed by atoms with Gasteiger partial charge >= 0.3 is 0 Å². The largest absolute Gasteiger partial charge is 0.348 e. The van der Waals surface area contributed by atoms with Gasteiger partial charge in [-0.05, 0) is 11.8 Å². The molecule has 6 nitrogen and oxygen atoms in total. The normalized spacial score (nSPS) is 31.1. The summed E-state index contributed by atoms with van der Waals surface area (Å²) >= 11 is 3.65. The van der Waals surface area contributed by atoms with E-state index >= 15 is 0 Å². The van der Waals surface area contributed by atoms with E-state index < -0.39 is 19.1 Å². The maximum atomic E-state index is 13.1. The summed E-state index contributed by atoms with van der Waals surface area (Å²) in [5, 5.41) is 2.82. The molecule has 1 heterocycles. The van der Waals surface area contributed by atoms with E-state index in [1.165, 1.54) is 6.92 Å². The van der Waals surface area contributed by atoms with Gasteiger partial charge in [-0.25, -0.2) is 4.39 Å². The zero-order chi connectivity index (χ0) is 17.4.